The molecule has 3 nitrogen and oxygen atoms in total. The Morgan fingerprint density at radius 1 is 1.26 bits per heavy atom. The van der Waals surface area contributed by atoms with Crippen molar-refractivity contribution in [2.75, 3.05) is 11.9 Å². The molecule has 5 heteroatoms. The van der Waals surface area contributed by atoms with E-state index in [-0.39, 0.29) is 5.91 Å². The number of hydrogen-bond donors (Lipinski definition) is 2. The van der Waals surface area contributed by atoms with Gasteiger partial charge in [0.15, 0.2) is 0 Å². The first-order valence-electron chi connectivity index (χ1n) is 6.63. The minimum absolute atomic E-state index is 0.0327. The molecule has 1 aliphatic rings. The summed E-state index contributed by atoms with van der Waals surface area (Å²) in [6, 6.07) is 5.63. The number of anilines is 1. The average Bonchev–Trinajstić information content (AvgIpc) is 2.86. The summed E-state index contributed by atoms with van der Waals surface area (Å²) in [6.45, 7) is 0.710. The van der Waals surface area contributed by atoms with Gasteiger partial charge < -0.3 is 10.6 Å². The fourth-order valence-electron chi connectivity index (χ4n) is 2.32. The first kappa shape index (κ1) is 14.6. The van der Waals surface area contributed by atoms with Crippen LogP contribution in [0.25, 0.3) is 0 Å². The summed E-state index contributed by atoms with van der Waals surface area (Å²) in [7, 11) is 0. The summed E-state index contributed by atoms with van der Waals surface area (Å²) in [4.78, 5) is 11.8. The lowest BCUT2D eigenvalue weighted by atomic mass is 10.2. The number of hydrogen-bond acceptors (Lipinski definition) is 2. The lowest BCUT2D eigenvalue weighted by Crippen LogP contribution is -2.29. The molecule has 0 saturated heterocycles. The van der Waals surface area contributed by atoms with Gasteiger partial charge in [0, 0.05) is 24.0 Å². The van der Waals surface area contributed by atoms with Crippen molar-refractivity contribution in [3.8, 4) is 0 Å². The summed E-state index contributed by atoms with van der Waals surface area (Å²) < 4.78 is 0. The third-order valence-electron chi connectivity index (χ3n) is 3.35. The van der Waals surface area contributed by atoms with Crippen molar-refractivity contribution in [2.24, 2.45) is 0 Å². The average molecular weight is 301 g/mol. The van der Waals surface area contributed by atoms with Crippen LogP contribution in [0.15, 0.2) is 18.2 Å². The van der Waals surface area contributed by atoms with Crippen LogP contribution < -0.4 is 10.6 Å². The van der Waals surface area contributed by atoms with Crippen molar-refractivity contribution in [1.29, 1.82) is 0 Å². The molecule has 1 saturated carbocycles. The SMILES string of the molecule is O=C(CCNC1CCCC1)Nc1ccc(Cl)cc1Cl. The first-order valence-corrected chi connectivity index (χ1v) is 7.39. The van der Waals surface area contributed by atoms with Gasteiger partial charge in [-0.2, -0.15) is 0 Å². The molecule has 0 spiro atoms. The van der Waals surface area contributed by atoms with Gasteiger partial charge in [-0.25, -0.2) is 0 Å². The first-order chi connectivity index (χ1) is 9.15. The monoisotopic (exact) mass is 300 g/mol. The highest BCUT2D eigenvalue weighted by atomic mass is 35.5. The highest BCUT2D eigenvalue weighted by molar-refractivity contribution is 6.36. The summed E-state index contributed by atoms with van der Waals surface area (Å²) in [5, 5.41) is 7.22. The molecule has 1 aromatic rings. The van der Waals surface area contributed by atoms with Gasteiger partial charge in [0.25, 0.3) is 0 Å². The predicted molar refractivity (Wildman–Crippen MR) is 80.0 cm³/mol. The van der Waals surface area contributed by atoms with Gasteiger partial charge >= 0.3 is 0 Å². The van der Waals surface area contributed by atoms with Crippen molar-refractivity contribution in [2.45, 2.75) is 38.1 Å². The van der Waals surface area contributed by atoms with E-state index >= 15 is 0 Å². The second-order valence-electron chi connectivity index (χ2n) is 4.86. The second-order valence-corrected chi connectivity index (χ2v) is 5.70. The van der Waals surface area contributed by atoms with E-state index < -0.39 is 0 Å². The van der Waals surface area contributed by atoms with Crippen molar-refractivity contribution in [1.82, 2.24) is 5.32 Å². The van der Waals surface area contributed by atoms with Crippen LogP contribution in [0.5, 0.6) is 0 Å². The van der Waals surface area contributed by atoms with E-state index in [1.807, 2.05) is 0 Å². The Bertz CT molecular complexity index is 445. The van der Waals surface area contributed by atoms with Crippen LogP contribution >= 0.6 is 23.2 Å². The molecule has 0 bridgehead atoms. The highest BCUT2D eigenvalue weighted by Crippen LogP contribution is 2.25. The van der Waals surface area contributed by atoms with Gasteiger partial charge in [0.2, 0.25) is 5.91 Å². The lowest BCUT2D eigenvalue weighted by molar-refractivity contribution is -0.116. The van der Waals surface area contributed by atoms with Gasteiger partial charge in [-0.1, -0.05) is 36.0 Å². The molecule has 0 aliphatic heterocycles. The van der Waals surface area contributed by atoms with E-state index in [1.165, 1.54) is 25.7 Å². The molecule has 1 aromatic carbocycles. The van der Waals surface area contributed by atoms with Crippen molar-refractivity contribution >= 4 is 34.8 Å². The van der Waals surface area contributed by atoms with E-state index in [2.05, 4.69) is 10.6 Å². The van der Waals surface area contributed by atoms with Crippen LogP contribution in [0, 0.1) is 0 Å². The zero-order valence-corrected chi connectivity index (χ0v) is 12.2. The summed E-state index contributed by atoms with van der Waals surface area (Å²) >= 11 is 11.8. The molecule has 1 fully saturated rings. The standard InChI is InChI=1S/C14H18Cl2N2O/c15-10-5-6-13(12(16)9-10)18-14(19)7-8-17-11-3-1-2-4-11/h5-6,9,11,17H,1-4,7-8H2,(H,18,19). The van der Waals surface area contributed by atoms with E-state index in [0.29, 0.717) is 34.7 Å². The van der Waals surface area contributed by atoms with E-state index in [9.17, 15) is 4.79 Å². The Morgan fingerprint density at radius 3 is 2.68 bits per heavy atom. The fraction of sp³-hybridized carbons (Fsp3) is 0.500. The summed E-state index contributed by atoms with van der Waals surface area (Å²) in [5.74, 6) is -0.0327. The minimum Gasteiger partial charge on any atom is -0.325 e. The molecule has 0 unspecified atom stereocenters. The van der Waals surface area contributed by atoms with Crippen molar-refractivity contribution < 1.29 is 4.79 Å². The van der Waals surface area contributed by atoms with Crippen molar-refractivity contribution in [3.05, 3.63) is 28.2 Å². The minimum atomic E-state index is -0.0327. The van der Waals surface area contributed by atoms with E-state index in [4.69, 9.17) is 23.2 Å². The Balaban J connectivity index is 1.74. The van der Waals surface area contributed by atoms with Crippen LogP contribution in [0.4, 0.5) is 5.69 Å². The van der Waals surface area contributed by atoms with Crippen LogP contribution in [0.1, 0.15) is 32.1 Å². The predicted octanol–water partition coefficient (Wildman–Crippen LogP) is 3.85. The maximum Gasteiger partial charge on any atom is 0.225 e. The third kappa shape index (κ3) is 4.68. The number of rotatable bonds is 5. The largest absolute Gasteiger partial charge is 0.325 e. The molecule has 19 heavy (non-hydrogen) atoms. The van der Waals surface area contributed by atoms with Gasteiger partial charge in [-0.05, 0) is 31.0 Å². The maximum absolute atomic E-state index is 11.8. The number of carbonyl (C=O) groups excluding carboxylic acids is 1. The van der Waals surface area contributed by atoms with Gasteiger partial charge in [0.05, 0.1) is 10.7 Å². The quantitative estimate of drug-likeness (QED) is 0.867. The van der Waals surface area contributed by atoms with Crippen LogP contribution in [-0.4, -0.2) is 18.5 Å². The summed E-state index contributed by atoms with van der Waals surface area (Å²) in [5.41, 5.74) is 0.608. The van der Waals surface area contributed by atoms with Crippen LogP contribution in [-0.2, 0) is 4.79 Å². The van der Waals surface area contributed by atoms with Crippen molar-refractivity contribution in [3.63, 3.8) is 0 Å². The molecule has 0 radical (unpaired) electrons. The smallest absolute Gasteiger partial charge is 0.225 e. The van der Waals surface area contributed by atoms with Gasteiger partial charge in [-0.3, -0.25) is 4.79 Å². The second kappa shape index (κ2) is 7.13. The Kier molecular flexibility index (Phi) is 5.49. The fourth-order valence-corrected chi connectivity index (χ4v) is 2.78. The van der Waals surface area contributed by atoms with Gasteiger partial charge in [0.1, 0.15) is 0 Å². The molecule has 0 aromatic heterocycles. The Hall–Kier alpha value is -0.770. The number of benzene rings is 1. The zero-order valence-electron chi connectivity index (χ0n) is 10.7. The Morgan fingerprint density at radius 2 is 2.00 bits per heavy atom. The number of carbonyl (C=O) groups is 1. The molecule has 0 heterocycles. The molecule has 2 rings (SSSR count). The number of amides is 1. The normalized spacial score (nSPS) is 15.7. The maximum atomic E-state index is 11.8. The molecule has 0 atom stereocenters. The van der Waals surface area contributed by atoms with Crippen LogP contribution in [0.2, 0.25) is 10.0 Å². The van der Waals surface area contributed by atoms with E-state index in [0.717, 1.165) is 0 Å². The number of halogens is 2. The molecule has 1 amide bonds. The van der Waals surface area contributed by atoms with Crippen LogP contribution in [0.3, 0.4) is 0 Å². The molecule has 104 valence electrons. The third-order valence-corrected chi connectivity index (χ3v) is 3.89. The molecular weight excluding hydrogens is 283 g/mol. The summed E-state index contributed by atoms with van der Waals surface area (Å²) in [6.07, 6.45) is 5.50. The highest BCUT2D eigenvalue weighted by Gasteiger charge is 2.14. The number of nitrogens with one attached hydrogen (secondary N) is 2. The Labute approximate surface area is 123 Å². The van der Waals surface area contributed by atoms with Gasteiger partial charge in [-0.15, -0.1) is 0 Å². The molecular formula is C14H18Cl2N2O. The topological polar surface area (TPSA) is 41.1 Å². The molecule has 2 N–H and O–H groups in total. The lowest BCUT2D eigenvalue weighted by Gasteiger charge is -2.12. The molecule has 1 aliphatic carbocycles. The van der Waals surface area contributed by atoms with E-state index in [1.54, 1.807) is 18.2 Å². The zero-order chi connectivity index (χ0) is 13.7.